The molecule has 0 saturated heterocycles. The molecular formula is C21H17ClN4O2. The predicted molar refractivity (Wildman–Crippen MR) is 110 cm³/mol. The Morgan fingerprint density at radius 2 is 2.04 bits per heavy atom. The summed E-state index contributed by atoms with van der Waals surface area (Å²) in [4.78, 5) is 20.5. The van der Waals surface area contributed by atoms with E-state index in [4.69, 9.17) is 16.3 Å². The Morgan fingerprint density at radius 1 is 1.18 bits per heavy atom. The number of fused-ring (bicyclic) bond motifs is 1. The lowest BCUT2D eigenvalue weighted by Gasteiger charge is -2.07. The molecule has 1 aliphatic heterocycles. The zero-order chi connectivity index (χ0) is 19.3. The molecule has 0 fully saturated rings. The van der Waals surface area contributed by atoms with E-state index in [1.54, 1.807) is 42.7 Å². The minimum atomic E-state index is -0.191. The van der Waals surface area contributed by atoms with Crippen LogP contribution in [0.1, 0.15) is 5.56 Å². The normalized spacial score (nSPS) is 13.7. The molecule has 7 heteroatoms. The number of amides is 1. The second-order valence-corrected chi connectivity index (χ2v) is 6.67. The molecule has 6 nitrogen and oxygen atoms in total. The van der Waals surface area contributed by atoms with Gasteiger partial charge in [-0.25, -0.2) is 0 Å². The molecule has 2 N–H and O–H groups in total. The molecule has 0 saturated carbocycles. The van der Waals surface area contributed by atoms with Crippen LogP contribution in [0.3, 0.4) is 0 Å². The van der Waals surface area contributed by atoms with E-state index in [9.17, 15) is 4.79 Å². The maximum absolute atomic E-state index is 12.2. The predicted octanol–water partition coefficient (Wildman–Crippen LogP) is 4.53. The van der Waals surface area contributed by atoms with Gasteiger partial charge in [0.15, 0.2) is 0 Å². The van der Waals surface area contributed by atoms with Crippen molar-refractivity contribution in [2.24, 2.45) is 4.99 Å². The minimum Gasteiger partial charge on any atom is -0.456 e. The Labute approximate surface area is 167 Å². The van der Waals surface area contributed by atoms with Gasteiger partial charge in [0, 0.05) is 29.0 Å². The highest BCUT2D eigenvalue weighted by Gasteiger charge is 2.16. The van der Waals surface area contributed by atoms with Crippen molar-refractivity contribution in [1.82, 2.24) is 4.98 Å². The molecule has 0 atom stereocenters. The summed E-state index contributed by atoms with van der Waals surface area (Å²) in [5.74, 6) is 1.89. The fourth-order valence-corrected chi connectivity index (χ4v) is 3.02. The van der Waals surface area contributed by atoms with Crippen LogP contribution < -0.4 is 15.4 Å². The summed E-state index contributed by atoms with van der Waals surface area (Å²) in [5.41, 5.74) is 2.74. The Balaban J connectivity index is 1.31. The first-order valence-corrected chi connectivity index (χ1v) is 9.10. The summed E-state index contributed by atoms with van der Waals surface area (Å²) in [7, 11) is 0. The number of nitrogens with zero attached hydrogens (tertiary/aromatic N) is 2. The van der Waals surface area contributed by atoms with Crippen molar-refractivity contribution in [2.75, 3.05) is 17.2 Å². The SMILES string of the molecule is O=C(CN=C1Cc2cc(Cl)ccc2N1)Nc1ccc(Oc2cccnc2)cc1. The molecule has 0 bridgehead atoms. The first kappa shape index (κ1) is 18.0. The number of nitrogens with one attached hydrogen (secondary N) is 2. The quantitative estimate of drug-likeness (QED) is 0.668. The average Bonchev–Trinajstić information content (AvgIpc) is 3.11. The lowest BCUT2D eigenvalue weighted by atomic mass is 10.2. The van der Waals surface area contributed by atoms with Crippen LogP contribution in [-0.4, -0.2) is 23.3 Å². The molecule has 2 heterocycles. The minimum absolute atomic E-state index is 0.0397. The summed E-state index contributed by atoms with van der Waals surface area (Å²) in [5, 5.41) is 6.72. The number of anilines is 2. The van der Waals surface area contributed by atoms with Gasteiger partial charge >= 0.3 is 0 Å². The number of carbonyl (C=O) groups is 1. The largest absolute Gasteiger partial charge is 0.456 e. The molecule has 1 aromatic heterocycles. The van der Waals surface area contributed by atoms with Crippen LogP contribution in [0.25, 0.3) is 0 Å². The van der Waals surface area contributed by atoms with Gasteiger partial charge in [0.05, 0.1) is 6.20 Å². The summed E-state index contributed by atoms with van der Waals surface area (Å²) in [6, 6.07) is 16.4. The second kappa shape index (κ2) is 8.10. The Kier molecular flexibility index (Phi) is 5.21. The Morgan fingerprint density at radius 3 is 2.82 bits per heavy atom. The van der Waals surface area contributed by atoms with Gasteiger partial charge in [-0.2, -0.15) is 0 Å². The number of hydrogen-bond acceptors (Lipinski definition) is 4. The zero-order valence-corrected chi connectivity index (χ0v) is 15.6. The second-order valence-electron chi connectivity index (χ2n) is 6.23. The topological polar surface area (TPSA) is 75.6 Å². The van der Waals surface area contributed by atoms with Crippen LogP contribution in [0.5, 0.6) is 11.5 Å². The molecule has 0 spiro atoms. The lowest BCUT2D eigenvalue weighted by molar-refractivity contribution is -0.114. The summed E-state index contributed by atoms with van der Waals surface area (Å²) in [6.45, 7) is 0.0397. The number of rotatable bonds is 5. The van der Waals surface area contributed by atoms with Crippen LogP contribution in [0.15, 0.2) is 72.0 Å². The molecule has 4 rings (SSSR count). The van der Waals surface area contributed by atoms with Crippen molar-refractivity contribution < 1.29 is 9.53 Å². The first-order chi connectivity index (χ1) is 13.7. The third-order valence-electron chi connectivity index (χ3n) is 4.13. The van der Waals surface area contributed by atoms with Crippen molar-refractivity contribution in [3.63, 3.8) is 0 Å². The molecule has 28 heavy (non-hydrogen) atoms. The third-order valence-corrected chi connectivity index (χ3v) is 4.36. The number of carbonyl (C=O) groups excluding carboxylic acids is 1. The molecule has 140 valence electrons. The number of ether oxygens (including phenoxy) is 1. The molecule has 2 aromatic carbocycles. The summed E-state index contributed by atoms with van der Waals surface area (Å²) < 4.78 is 5.68. The summed E-state index contributed by atoms with van der Waals surface area (Å²) >= 11 is 6.00. The maximum Gasteiger partial charge on any atom is 0.246 e. The van der Waals surface area contributed by atoms with Crippen molar-refractivity contribution in [2.45, 2.75) is 6.42 Å². The third kappa shape index (κ3) is 4.47. The number of hydrogen-bond donors (Lipinski definition) is 2. The van der Waals surface area contributed by atoms with Gasteiger partial charge in [-0.05, 0) is 60.2 Å². The van der Waals surface area contributed by atoms with Crippen LogP contribution in [0.4, 0.5) is 11.4 Å². The monoisotopic (exact) mass is 392 g/mol. The lowest BCUT2D eigenvalue weighted by Crippen LogP contribution is -2.17. The van der Waals surface area contributed by atoms with E-state index in [0.717, 1.165) is 17.1 Å². The number of amidine groups is 1. The van der Waals surface area contributed by atoms with Crippen molar-refractivity contribution >= 4 is 34.7 Å². The van der Waals surface area contributed by atoms with Crippen molar-refractivity contribution in [3.05, 3.63) is 77.6 Å². The number of benzene rings is 2. The van der Waals surface area contributed by atoms with Gasteiger partial charge in [0.25, 0.3) is 0 Å². The van der Waals surface area contributed by atoms with Gasteiger partial charge in [-0.15, -0.1) is 0 Å². The van der Waals surface area contributed by atoms with E-state index in [1.165, 1.54) is 0 Å². The molecule has 1 aliphatic rings. The molecule has 1 amide bonds. The van der Waals surface area contributed by atoms with E-state index in [2.05, 4.69) is 20.6 Å². The van der Waals surface area contributed by atoms with Gasteiger partial charge in [-0.3, -0.25) is 14.8 Å². The summed E-state index contributed by atoms with van der Waals surface area (Å²) in [6.07, 6.45) is 3.96. The molecule has 3 aromatic rings. The Bertz CT molecular complexity index is 1020. The van der Waals surface area contributed by atoms with Crippen LogP contribution in [0, 0.1) is 0 Å². The van der Waals surface area contributed by atoms with E-state index < -0.39 is 0 Å². The Hall–Kier alpha value is -3.38. The van der Waals surface area contributed by atoms with Crippen LogP contribution in [0.2, 0.25) is 5.02 Å². The smallest absolute Gasteiger partial charge is 0.246 e. The first-order valence-electron chi connectivity index (χ1n) is 8.72. The fraction of sp³-hybridized carbons (Fsp3) is 0.0952. The fourth-order valence-electron chi connectivity index (χ4n) is 2.82. The van der Waals surface area contributed by atoms with Gasteiger partial charge < -0.3 is 15.4 Å². The number of aromatic nitrogens is 1. The zero-order valence-electron chi connectivity index (χ0n) is 14.9. The van der Waals surface area contributed by atoms with Crippen molar-refractivity contribution in [3.8, 4) is 11.5 Å². The molecule has 0 aliphatic carbocycles. The van der Waals surface area contributed by atoms with E-state index in [0.29, 0.717) is 28.6 Å². The number of pyridine rings is 1. The maximum atomic E-state index is 12.2. The van der Waals surface area contributed by atoms with Crippen molar-refractivity contribution in [1.29, 1.82) is 0 Å². The van der Waals surface area contributed by atoms with Gasteiger partial charge in [0.1, 0.15) is 23.9 Å². The molecular weight excluding hydrogens is 376 g/mol. The highest BCUT2D eigenvalue weighted by Crippen LogP contribution is 2.26. The number of aliphatic imine (C=N–C) groups is 1. The molecule has 0 radical (unpaired) electrons. The van der Waals surface area contributed by atoms with E-state index in [1.807, 2.05) is 24.3 Å². The standard InChI is InChI=1S/C21H17ClN4O2/c22-15-3-8-19-14(10-15)11-20(26-19)24-13-21(27)25-16-4-6-17(7-5-16)28-18-2-1-9-23-12-18/h1-10,12H,11,13H2,(H,24,26)(H,25,27). The molecule has 0 unspecified atom stereocenters. The highest BCUT2D eigenvalue weighted by molar-refractivity contribution is 6.30. The number of halogens is 1. The van der Waals surface area contributed by atoms with Crippen LogP contribution >= 0.6 is 11.6 Å². The van der Waals surface area contributed by atoms with Gasteiger partial charge in [0.2, 0.25) is 5.91 Å². The van der Waals surface area contributed by atoms with E-state index >= 15 is 0 Å². The highest BCUT2D eigenvalue weighted by atomic mass is 35.5. The average molecular weight is 393 g/mol. The van der Waals surface area contributed by atoms with Gasteiger partial charge in [-0.1, -0.05) is 11.6 Å². The van der Waals surface area contributed by atoms with Crippen LogP contribution in [-0.2, 0) is 11.2 Å². The van der Waals surface area contributed by atoms with E-state index in [-0.39, 0.29) is 12.5 Å².